The van der Waals surface area contributed by atoms with E-state index in [4.69, 9.17) is 27.1 Å². The molecule has 3 heterocycles. The molecule has 5 rings (SSSR count). The standard InChI is InChI=1S/C32H33ClN6O5/c1-32(2,3)44-25-15-20(24(40)16-26(34)41)8-11-23(25)30-37-28(19-6-9-22(33)10-7-19)29(21-5-4-12-35-17-21)39(30)31(43)38-14-13-36-27(42)18-38/h4-12,15,17,28-29H,13-14,16,18H2,1-3H3,(H2,34,41)(H,36,42)/t28-,29+/m0/s1. The van der Waals surface area contributed by atoms with Crippen LogP contribution in [0.4, 0.5) is 4.79 Å². The minimum absolute atomic E-state index is 0.111. The van der Waals surface area contributed by atoms with Gasteiger partial charge in [0.15, 0.2) is 5.78 Å². The monoisotopic (exact) mass is 616 g/mol. The number of urea groups is 1. The maximum absolute atomic E-state index is 14.4. The minimum Gasteiger partial charge on any atom is -0.487 e. The first kappa shape index (κ1) is 30.7. The van der Waals surface area contributed by atoms with E-state index in [0.29, 0.717) is 35.3 Å². The van der Waals surface area contributed by atoms with Gasteiger partial charge >= 0.3 is 6.03 Å². The molecule has 1 saturated heterocycles. The normalized spacial score (nSPS) is 18.5. The van der Waals surface area contributed by atoms with E-state index < -0.39 is 41.8 Å². The summed E-state index contributed by atoms with van der Waals surface area (Å²) in [5.74, 6) is -0.880. The fraction of sp³-hybridized carbons (Fsp3) is 0.312. The Morgan fingerprint density at radius 1 is 1.09 bits per heavy atom. The third-order valence-electron chi connectivity index (χ3n) is 7.11. The summed E-state index contributed by atoms with van der Waals surface area (Å²) in [5, 5.41) is 3.31. The predicted octanol–water partition coefficient (Wildman–Crippen LogP) is 4.07. The maximum atomic E-state index is 14.4. The first-order valence-electron chi connectivity index (χ1n) is 14.1. The van der Waals surface area contributed by atoms with Crippen LogP contribution in [0.3, 0.4) is 0 Å². The number of piperazine rings is 1. The van der Waals surface area contributed by atoms with E-state index in [-0.39, 0.29) is 18.0 Å². The molecule has 228 valence electrons. The summed E-state index contributed by atoms with van der Waals surface area (Å²) < 4.78 is 6.33. The summed E-state index contributed by atoms with van der Waals surface area (Å²) in [7, 11) is 0. The Labute approximate surface area is 260 Å². The molecule has 0 unspecified atom stereocenters. The summed E-state index contributed by atoms with van der Waals surface area (Å²) in [4.78, 5) is 63.6. The number of carbonyl (C=O) groups is 4. The number of amidine groups is 1. The van der Waals surface area contributed by atoms with Crippen LogP contribution in [0.15, 0.2) is 72.0 Å². The molecule has 0 radical (unpaired) electrons. The fourth-order valence-corrected chi connectivity index (χ4v) is 5.38. The van der Waals surface area contributed by atoms with Crippen LogP contribution in [0.5, 0.6) is 5.75 Å². The zero-order valence-corrected chi connectivity index (χ0v) is 25.4. The van der Waals surface area contributed by atoms with E-state index in [0.717, 1.165) is 11.1 Å². The van der Waals surface area contributed by atoms with E-state index in [1.807, 2.05) is 39.0 Å². The second-order valence-electron chi connectivity index (χ2n) is 11.6. The molecule has 3 N–H and O–H groups in total. The van der Waals surface area contributed by atoms with E-state index >= 15 is 0 Å². The lowest BCUT2D eigenvalue weighted by molar-refractivity contribution is -0.123. The first-order valence-corrected chi connectivity index (χ1v) is 14.5. The lowest BCUT2D eigenvalue weighted by Crippen LogP contribution is -2.55. The highest BCUT2D eigenvalue weighted by Gasteiger charge is 2.45. The largest absolute Gasteiger partial charge is 0.487 e. The van der Waals surface area contributed by atoms with Crippen molar-refractivity contribution in [2.24, 2.45) is 10.7 Å². The van der Waals surface area contributed by atoms with E-state index in [1.165, 1.54) is 4.90 Å². The van der Waals surface area contributed by atoms with Crippen molar-refractivity contribution in [1.29, 1.82) is 0 Å². The number of amides is 4. The average molecular weight is 617 g/mol. The zero-order chi connectivity index (χ0) is 31.6. The SMILES string of the molecule is CC(C)(C)Oc1cc(C(=O)CC(N)=O)ccc1C1=N[C@@H](c2ccc(Cl)cc2)[C@@H](c2cccnc2)N1C(=O)N1CCNC(=O)C1. The molecule has 2 atom stereocenters. The minimum atomic E-state index is -0.745. The Bertz CT molecular complexity index is 1620. The Kier molecular flexibility index (Phi) is 8.68. The second-order valence-corrected chi connectivity index (χ2v) is 12.0. The molecule has 44 heavy (non-hydrogen) atoms. The fourth-order valence-electron chi connectivity index (χ4n) is 5.25. The van der Waals surface area contributed by atoms with Crippen molar-refractivity contribution in [2.45, 2.75) is 44.9 Å². The molecule has 2 aromatic carbocycles. The van der Waals surface area contributed by atoms with Crippen molar-refractivity contribution < 1.29 is 23.9 Å². The molecule has 3 aromatic rings. The zero-order valence-electron chi connectivity index (χ0n) is 24.6. The quantitative estimate of drug-likeness (QED) is 0.302. The van der Waals surface area contributed by atoms with Crippen LogP contribution in [0, 0.1) is 0 Å². The molecule has 4 amide bonds. The third-order valence-corrected chi connectivity index (χ3v) is 7.37. The summed E-state index contributed by atoms with van der Waals surface area (Å²) >= 11 is 6.22. The van der Waals surface area contributed by atoms with Crippen LogP contribution in [0.2, 0.25) is 5.02 Å². The van der Waals surface area contributed by atoms with Crippen LogP contribution in [-0.4, -0.2) is 69.5 Å². The highest BCUT2D eigenvalue weighted by Crippen LogP contribution is 2.45. The Balaban J connectivity index is 1.71. The van der Waals surface area contributed by atoms with E-state index in [1.54, 1.807) is 53.7 Å². The molecule has 12 heteroatoms. The molecular weight excluding hydrogens is 584 g/mol. The lowest BCUT2D eigenvalue weighted by atomic mass is 9.94. The molecule has 0 spiro atoms. The number of benzene rings is 2. The van der Waals surface area contributed by atoms with Crippen LogP contribution >= 0.6 is 11.6 Å². The molecule has 0 saturated carbocycles. The van der Waals surface area contributed by atoms with Crippen molar-refractivity contribution in [1.82, 2.24) is 20.1 Å². The molecule has 0 aliphatic carbocycles. The van der Waals surface area contributed by atoms with Crippen LogP contribution in [0.25, 0.3) is 0 Å². The number of aliphatic imine (C=N–C) groups is 1. The number of primary amides is 1. The molecule has 2 aliphatic rings. The lowest BCUT2D eigenvalue weighted by Gasteiger charge is -2.36. The van der Waals surface area contributed by atoms with Crippen LogP contribution in [0.1, 0.15) is 66.3 Å². The molecule has 1 fully saturated rings. The van der Waals surface area contributed by atoms with Gasteiger partial charge in [0.05, 0.1) is 18.0 Å². The van der Waals surface area contributed by atoms with Gasteiger partial charge in [0.2, 0.25) is 11.8 Å². The number of nitrogens with zero attached hydrogens (tertiary/aromatic N) is 4. The van der Waals surface area contributed by atoms with Gasteiger partial charge in [-0.15, -0.1) is 0 Å². The van der Waals surface area contributed by atoms with Gasteiger partial charge in [0, 0.05) is 36.1 Å². The number of rotatable bonds is 7. The molecular formula is C32H33ClN6O5. The van der Waals surface area contributed by atoms with Gasteiger partial charge < -0.3 is 20.7 Å². The number of halogens is 1. The van der Waals surface area contributed by atoms with Gasteiger partial charge in [-0.2, -0.15) is 0 Å². The van der Waals surface area contributed by atoms with Gasteiger partial charge in [-0.25, -0.2) is 4.79 Å². The van der Waals surface area contributed by atoms with Gasteiger partial charge in [-0.05, 0) is 62.2 Å². The number of ketones is 1. The van der Waals surface area contributed by atoms with Gasteiger partial charge in [-0.1, -0.05) is 35.9 Å². The average Bonchev–Trinajstić information content (AvgIpc) is 3.36. The molecule has 2 aliphatic heterocycles. The van der Waals surface area contributed by atoms with Crippen LogP contribution < -0.4 is 15.8 Å². The predicted molar refractivity (Wildman–Crippen MR) is 164 cm³/mol. The summed E-state index contributed by atoms with van der Waals surface area (Å²) in [5.41, 5.74) is 6.80. The highest BCUT2D eigenvalue weighted by atomic mass is 35.5. The maximum Gasteiger partial charge on any atom is 0.326 e. The number of aromatic nitrogens is 1. The van der Waals surface area contributed by atoms with E-state index in [9.17, 15) is 19.2 Å². The number of Topliss-reactive ketones (excluding diaryl/α,β-unsaturated/α-hetero) is 1. The van der Waals surface area contributed by atoms with Gasteiger partial charge in [0.1, 0.15) is 29.8 Å². The summed E-state index contributed by atoms with van der Waals surface area (Å²) in [6.45, 7) is 6.09. The van der Waals surface area contributed by atoms with Crippen molar-refractivity contribution >= 4 is 41.1 Å². The van der Waals surface area contributed by atoms with Crippen molar-refractivity contribution in [3.63, 3.8) is 0 Å². The second kappa shape index (κ2) is 12.5. The van der Waals surface area contributed by atoms with Gasteiger partial charge in [0.25, 0.3) is 0 Å². The van der Waals surface area contributed by atoms with Crippen molar-refractivity contribution in [2.75, 3.05) is 19.6 Å². The number of carbonyl (C=O) groups excluding carboxylic acids is 4. The number of nitrogens with one attached hydrogen (secondary N) is 1. The van der Waals surface area contributed by atoms with Gasteiger partial charge in [-0.3, -0.25) is 29.3 Å². The molecule has 0 bridgehead atoms. The molecule has 11 nitrogen and oxygen atoms in total. The highest BCUT2D eigenvalue weighted by molar-refractivity contribution is 6.30. The third kappa shape index (κ3) is 6.73. The number of nitrogens with two attached hydrogens (primary N) is 1. The number of hydrogen-bond acceptors (Lipinski definition) is 7. The van der Waals surface area contributed by atoms with Crippen molar-refractivity contribution in [3.05, 3.63) is 94.3 Å². The topological polar surface area (TPSA) is 147 Å². The Hall–Kier alpha value is -4.77. The smallest absolute Gasteiger partial charge is 0.326 e. The summed E-state index contributed by atoms with van der Waals surface area (Å²) in [6, 6.07) is 14.0. The van der Waals surface area contributed by atoms with E-state index in [2.05, 4.69) is 10.3 Å². The summed E-state index contributed by atoms with van der Waals surface area (Å²) in [6.07, 6.45) is 2.88. The Morgan fingerprint density at radius 3 is 2.48 bits per heavy atom. The number of pyridine rings is 1. The van der Waals surface area contributed by atoms with Crippen molar-refractivity contribution in [3.8, 4) is 5.75 Å². The number of ether oxygens (including phenoxy) is 1. The first-order chi connectivity index (χ1) is 20.9. The Morgan fingerprint density at radius 2 is 1.84 bits per heavy atom. The number of hydrogen-bond donors (Lipinski definition) is 2. The molecule has 1 aromatic heterocycles. The van der Waals surface area contributed by atoms with Crippen LogP contribution in [-0.2, 0) is 9.59 Å².